The zero-order chi connectivity index (χ0) is 10.4. The number of nitrogens with one attached hydrogen (secondary N) is 1. The molecule has 1 aromatic rings. The average molecular weight is 191 g/mol. The highest BCUT2D eigenvalue weighted by molar-refractivity contribution is 5.06. The molecule has 2 heteroatoms. The van der Waals surface area contributed by atoms with Crippen LogP contribution in [0.3, 0.4) is 0 Å². The van der Waals surface area contributed by atoms with Gasteiger partial charge in [0.1, 0.15) is 5.76 Å². The summed E-state index contributed by atoms with van der Waals surface area (Å²) < 4.78 is 5.29. The van der Waals surface area contributed by atoms with Crippen molar-refractivity contribution in [3.63, 3.8) is 0 Å². The Morgan fingerprint density at radius 3 is 2.93 bits per heavy atom. The fourth-order valence-electron chi connectivity index (χ4n) is 1.43. The molecule has 0 bridgehead atoms. The lowest BCUT2D eigenvalue weighted by Crippen LogP contribution is -2.29. The van der Waals surface area contributed by atoms with Gasteiger partial charge < -0.3 is 4.42 Å². The van der Waals surface area contributed by atoms with Gasteiger partial charge in [-0.05, 0) is 25.5 Å². The number of hydrogen-bond donors (Lipinski definition) is 1. The molecule has 14 heavy (non-hydrogen) atoms. The molecule has 0 amide bonds. The first-order valence-electron chi connectivity index (χ1n) is 5.03. The van der Waals surface area contributed by atoms with Crippen LogP contribution in [0.15, 0.2) is 22.8 Å². The Morgan fingerprint density at radius 2 is 2.43 bits per heavy atom. The van der Waals surface area contributed by atoms with Crippen molar-refractivity contribution in [3.8, 4) is 12.3 Å². The number of furan rings is 1. The second-order valence-electron chi connectivity index (χ2n) is 3.41. The molecular weight excluding hydrogens is 174 g/mol. The molecule has 0 saturated heterocycles. The van der Waals surface area contributed by atoms with Crippen LogP contribution in [-0.4, -0.2) is 6.04 Å². The molecule has 0 aliphatic heterocycles. The topological polar surface area (TPSA) is 25.2 Å². The fourth-order valence-corrected chi connectivity index (χ4v) is 1.43. The predicted molar refractivity (Wildman–Crippen MR) is 57.8 cm³/mol. The van der Waals surface area contributed by atoms with Gasteiger partial charge in [-0.25, -0.2) is 0 Å². The van der Waals surface area contributed by atoms with Crippen molar-refractivity contribution >= 4 is 0 Å². The molecular formula is C12H17NO. The highest BCUT2D eigenvalue weighted by Gasteiger charge is 2.11. The Kier molecular flexibility index (Phi) is 4.28. The maximum atomic E-state index is 5.42. The van der Waals surface area contributed by atoms with Gasteiger partial charge in [0.25, 0.3) is 0 Å². The van der Waals surface area contributed by atoms with Crippen molar-refractivity contribution in [2.45, 2.75) is 38.8 Å². The molecule has 76 valence electrons. The molecule has 0 aliphatic rings. The summed E-state index contributed by atoms with van der Waals surface area (Å²) in [6.45, 7) is 4.18. The van der Waals surface area contributed by atoms with Gasteiger partial charge in [0.05, 0.1) is 18.3 Å². The van der Waals surface area contributed by atoms with Gasteiger partial charge in [-0.1, -0.05) is 19.3 Å². The second kappa shape index (κ2) is 5.51. The van der Waals surface area contributed by atoms with E-state index in [1.165, 1.54) is 0 Å². The van der Waals surface area contributed by atoms with Gasteiger partial charge in [-0.15, -0.1) is 6.42 Å². The Labute approximate surface area is 85.7 Å². The summed E-state index contributed by atoms with van der Waals surface area (Å²) in [6.07, 6.45) is 9.19. The first-order valence-corrected chi connectivity index (χ1v) is 5.03. The summed E-state index contributed by atoms with van der Waals surface area (Å²) >= 11 is 0. The summed E-state index contributed by atoms with van der Waals surface area (Å²) in [5.74, 6) is 3.67. The van der Waals surface area contributed by atoms with Crippen LogP contribution in [-0.2, 0) is 0 Å². The van der Waals surface area contributed by atoms with E-state index in [4.69, 9.17) is 10.8 Å². The monoisotopic (exact) mass is 191 g/mol. The SMILES string of the molecule is C#CC(CCC)NC(C)c1ccco1. The first-order chi connectivity index (χ1) is 6.77. The molecule has 1 aromatic heterocycles. The van der Waals surface area contributed by atoms with Crippen molar-refractivity contribution in [3.05, 3.63) is 24.2 Å². The lowest BCUT2D eigenvalue weighted by Gasteiger charge is -2.16. The minimum absolute atomic E-state index is 0.139. The van der Waals surface area contributed by atoms with Gasteiger partial charge in [0, 0.05) is 0 Å². The standard InChI is InChI=1S/C12H17NO/c1-4-7-11(5-2)13-10(3)12-8-6-9-14-12/h2,6,8-11,13H,4,7H2,1,3H3. The van der Waals surface area contributed by atoms with Crippen molar-refractivity contribution in [2.24, 2.45) is 0 Å². The van der Waals surface area contributed by atoms with Crippen molar-refractivity contribution in [1.29, 1.82) is 0 Å². The molecule has 0 saturated carbocycles. The summed E-state index contributed by atoms with van der Waals surface area (Å²) in [5, 5.41) is 3.34. The molecule has 0 aromatic carbocycles. The molecule has 2 nitrogen and oxygen atoms in total. The number of hydrogen-bond acceptors (Lipinski definition) is 2. The number of rotatable bonds is 5. The normalized spacial score (nSPS) is 14.6. The number of terminal acetylenes is 1. The summed E-state index contributed by atoms with van der Waals surface area (Å²) in [6, 6.07) is 4.16. The van der Waals surface area contributed by atoms with Crippen LogP contribution in [0.5, 0.6) is 0 Å². The van der Waals surface area contributed by atoms with E-state index in [0.717, 1.165) is 18.6 Å². The smallest absolute Gasteiger partial charge is 0.120 e. The Morgan fingerprint density at radius 1 is 1.64 bits per heavy atom. The quantitative estimate of drug-likeness (QED) is 0.724. The summed E-state index contributed by atoms with van der Waals surface area (Å²) in [4.78, 5) is 0. The minimum atomic E-state index is 0.139. The molecule has 2 atom stereocenters. The zero-order valence-electron chi connectivity index (χ0n) is 8.79. The van der Waals surface area contributed by atoms with Crippen molar-refractivity contribution in [2.75, 3.05) is 0 Å². The third-order valence-corrected chi connectivity index (χ3v) is 2.20. The van der Waals surface area contributed by atoms with Gasteiger partial charge >= 0.3 is 0 Å². The first kappa shape index (κ1) is 10.9. The molecule has 1 N–H and O–H groups in total. The molecule has 0 aliphatic carbocycles. The average Bonchev–Trinajstić information content (AvgIpc) is 2.69. The summed E-state index contributed by atoms with van der Waals surface area (Å²) in [7, 11) is 0. The second-order valence-corrected chi connectivity index (χ2v) is 3.41. The molecule has 2 unspecified atom stereocenters. The zero-order valence-corrected chi connectivity index (χ0v) is 8.79. The highest BCUT2D eigenvalue weighted by atomic mass is 16.3. The van der Waals surface area contributed by atoms with Gasteiger partial charge in [0.15, 0.2) is 0 Å². The van der Waals surface area contributed by atoms with E-state index in [2.05, 4.69) is 25.1 Å². The third kappa shape index (κ3) is 2.93. The molecule has 0 spiro atoms. The van der Waals surface area contributed by atoms with Crippen LogP contribution in [0.25, 0.3) is 0 Å². The molecule has 0 radical (unpaired) electrons. The van der Waals surface area contributed by atoms with E-state index in [1.807, 2.05) is 12.1 Å². The minimum Gasteiger partial charge on any atom is -0.468 e. The van der Waals surface area contributed by atoms with E-state index >= 15 is 0 Å². The molecule has 0 fully saturated rings. The van der Waals surface area contributed by atoms with Crippen LogP contribution in [0.4, 0.5) is 0 Å². The van der Waals surface area contributed by atoms with E-state index in [-0.39, 0.29) is 12.1 Å². The van der Waals surface area contributed by atoms with Crippen LogP contribution in [0.2, 0.25) is 0 Å². The van der Waals surface area contributed by atoms with E-state index < -0.39 is 0 Å². The predicted octanol–water partition coefficient (Wildman–Crippen LogP) is 2.73. The lowest BCUT2D eigenvalue weighted by atomic mass is 10.1. The van der Waals surface area contributed by atoms with Crippen molar-refractivity contribution in [1.82, 2.24) is 5.32 Å². The molecule has 1 rings (SSSR count). The fraction of sp³-hybridized carbons (Fsp3) is 0.500. The van der Waals surface area contributed by atoms with Crippen LogP contribution in [0, 0.1) is 12.3 Å². The van der Waals surface area contributed by atoms with Crippen LogP contribution in [0.1, 0.15) is 38.5 Å². The Hall–Kier alpha value is -1.20. The van der Waals surface area contributed by atoms with E-state index in [9.17, 15) is 0 Å². The Balaban J connectivity index is 2.47. The van der Waals surface area contributed by atoms with Gasteiger partial charge in [-0.2, -0.15) is 0 Å². The third-order valence-electron chi connectivity index (χ3n) is 2.20. The van der Waals surface area contributed by atoms with Crippen molar-refractivity contribution < 1.29 is 4.42 Å². The maximum absolute atomic E-state index is 5.42. The van der Waals surface area contributed by atoms with E-state index in [0.29, 0.717) is 0 Å². The largest absolute Gasteiger partial charge is 0.468 e. The Bertz CT molecular complexity index is 284. The highest BCUT2D eigenvalue weighted by Crippen LogP contribution is 2.13. The van der Waals surface area contributed by atoms with Crippen LogP contribution >= 0.6 is 0 Å². The molecule has 1 heterocycles. The van der Waals surface area contributed by atoms with E-state index in [1.54, 1.807) is 6.26 Å². The van der Waals surface area contributed by atoms with Gasteiger partial charge in [0.2, 0.25) is 0 Å². The maximum Gasteiger partial charge on any atom is 0.120 e. The van der Waals surface area contributed by atoms with Gasteiger partial charge in [-0.3, -0.25) is 5.32 Å². The lowest BCUT2D eigenvalue weighted by molar-refractivity contribution is 0.407. The van der Waals surface area contributed by atoms with Crippen LogP contribution < -0.4 is 5.32 Å². The summed E-state index contributed by atoms with van der Waals surface area (Å²) in [5.41, 5.74) is 0.